The van der Waals surface area contributed by atoms with Crippen LogP contribution in [0.1, 0.15) is 38.8 Å². The van der Waals surface area contributed by atoms with Gasteiger partial charge in [-0.1, -0.05) is 24.3 Å². The zero-order valence-electron chi connectivity index (χ0n) is 21.1. The third-order valence-corrected chi connectivity index (χ3v) is 6.77. The molecule has 8 nitrogen and oxygen atoms in total. The predicted octanol–water partition coefficient (Wildman–Crippen LogP) is 2.18. The van der Waals surface area contributed by atoms with Gasteiger partial charge in [-0.2, -0.15) is 0 Å². The zero-order chi connectivity index (χ0) is 26.4. The monoisotopic (exact) mass is 490 g/mol. The molecule has 1 fully saturated rings. The van der Waals surface area contributed by atoms with Crippen LogP contribution in [0.5, 0.6) is 0 Å². The first-order chi connectivity index (χ1) is 16.8. The molecule has 10 heteroatoms. The first-order valence-electron chi connectivity index (χ1n) is 11.6. The Bertz CT molecular complexity index is 1540. The number of rotatable bonds is 2. The SMILES string of the molecule is Cc1cc(=O)oc2cc(B(O)O)ccc12.Cc1cc(=O)oc2cc(B3OC(C)(C)C(C)(C)O3)ccc12. The fourth-order valence-electron chi connectivity index (χ4n) is 3.97. The summed E-state index contributed by atoms with van der Waals surface area (Å²) < 4.78 is 22.3. The summed E-state index contributed by atoms with van der Waals surface area (Å²) in [5.74, 6) is 0. The average Bonchev–Trinajstić information content (AvgIpc) is 3.00. The van der Waals surface area contributed by atoms with Gasteiger partial charge in [0.15, 0.2) is 0 Å². The zero-order valence-corrected chi connectivity index (χ0v) is 21.1. The Labute approximate surface area is 208 Å². The molecule has 3 heterocycles. The van der Waals surface area contributed by atoms with Crippen LogP contribution in [-0.4, -0.2) is 35.5 Å². The van der Waals surface area contributed by atoms with Crippen molar-refractivity contribution >= 4 is 47.1 Å². The van der Waals surface area contributed by atoms with Crippen LogP contribution in [0.25, 0.3) is 21.9 Å². The van der Waals surface area contributed by atoms with E-state index in [4.69, 9.17) is 28.2 Å². The van der Waals surface area contributed by atoms with Gasteiger partial charge in [-0.05, 0) is 75.7 Å². The molecule has 2 N–H and O–H groups in total. The van der Waals surface area contributed by atoms with Crippen LogP contribution in [-0.2, 0) is 9.31 Å². The summed E-state index contributed by atoms with van der Waals surface area (Å²) in [4.78, 5) is 22.6. The summed E-state index contributed by atoms with van der Waals surface area (Å²) >= 11 is 0. The summed E-state index contributed by atoms with van der Waals surface area (Å²) in [6.45, 7) is 11.7. The molecule has 0 amide bonds. The smallest absolute Gasteiger partial charge is 0.423 e. The first kappa shape index (κ1) is 25.9. The molecule has 1 aliphatic rings. The van der Waals surface area contributed by atoms with Crippen molar-refractivity contribution in [1.82, 2.24) is 0 Å². The van der Waals surface area contributed by atoms with E-state index in [0.717, 1.165) is 27.4 Å². The van der Waals surface area contributed by atoms with Crippen LogP contribution < -0.4 is 22.2 Å². The summed E-state index contributed by atoms with van der Waals surface area (Å²) in [5.41, 5.74) is 2.24. The van der Waals surface area contributed by atoms with E-state index < -0.39 is 19.9 Å². The maximum atomic E-state index is 11.5. The molecule has 36 heavy (non-hydrogen) atoms. The molecule has 4 aromatic rings. The molecule has 5 rings (SSSR count). The minimum Gasteiger partial charge on any atom is -0.423 e. The number of fused-ring (bicyclic) bond motifs is 2. The van der Waals surface area contributed by atoms with E-state index in [1.165, 1.54) is 18.2 Å². The second-order valence-corrected chi connectivity index (χ2v) is 9.97. The van der Waals surface area contributed by atoms with Gasteiger partial charge in [-0.15, -0.1) is 0 Å². The topological polar surface area (TPSA) is 119 Å². The third kappa shape index (κ3) is 5.03. The number of benzene rings is 2. The number of aryl methyl sites for hydroxylation is 2. The highest BCUT2D eigenvalue weighted by Crippen LogP contribution is 2.36. The van der Waals surface area contributed by atoms with Crippen molar-refractivity contribution in [3.63, 3.8) is 0 Å². The fraction of sp³-hybridized carbons (Fsp3) is 0.308. The highest BCUT2D eigenvalue weighted by Gasteiger charge is 2.51. The molecule has 0 radical (unpaired) electrons. The predicted molar refractivity (Wildman–Crippen MR) is 140 cm³/mol. The lowest BCUT2D eigenvalue weighted by Gasteiger charge is -2.32. The minimum absolute atomic E-state index is 0.302. The van der Waals surface area contributed by atoms with Gasteiger partial charge in [0.1, 0.15) is 11.2 Å². The van der Waals surface area contributed by atoms with E-state index in [1.54, 1.807) is 19.1 Å². The van der Waals surface area contributed by atoms with Gasteiger partial charge in [0.2, 0.25) is 0 Å². The Kier molecular flexibility index (Phi) is 6.74. The van der Waals surface area contributed by atoms with E-state index in [1.807, 2.05) is 52.8 Å². The average molecular weight is 490 g/mol. The molecule has 1 aliphatic heterocycles. The van der Waals surface area contributed by atoms with E-state index in [9.17, 15) is 9.59 Å². The maximum Gasteiger partial charge on any atom is 0.494 e. The maximum absolute atomic E-state index is 11.5. The second kappa shape index (κ2) is 9.37. The van der Waals surface area contributed by atoms with Gasteiger partial charge in [0.25, 0.3) is 0 Å². The Morgan fingerprint density at radius 3 is 1.69 bits per heavy atom. The molecule has 0 bridgehead atoms. The lowest BCUT2D eigenvalue weighted by molar-refractivity contribution is 0.00578. The first-order valence-corrected chi connectivity index (χ1v) is 11.6. The van der Waals surface area contributed by atoms with E-state index in [0.29, 0.717) is 16.6 Å². The molecule has 2 aromatic carbocycles. The number of hydrogen-bond acceptors (Lipinski definition) is 8. The highest BCUT2D eigenvalue weighted by molar-refractivity contribution is 6.62. The number of hydrogen-bond donors (Lipinski definition) is 2. The van der Waals surface area contributed by atoms with Gasteiger partial charge in [0, 0.05) is 22.9 Å². The van der Waals surface area contributed by atoms with Gasteiger partial charge in [-0.3, -0.25) is 0 Å². The lowest BCUT2D eigenvalue weighted by atomic mass is 9.78. The quantitative estimate of drug-likeness (QED) is 0.325. The third-order valence-electron chi connectivity index (χ3n) is 6.77. The van der Waals surface area contributed by atoms with Gasteiger partial charge in [0.05, 0.1) is 11.2 Å². The Morgan fingerprint density at radius 2 is 1.19 bits per heavy atom. The van der Waals surface area contributed by atoms with Crippen LogP contribution in [0.4, 0.5) is 0 Å². The molecule has 1 saturated heterocycles. The van der Waals surface area contributed by atoms with Crippen molar-refractivity contribution in [2.45, 2.75) is 52.7 Å². The Morgan fingerprint density at radius 1 is 0.722 bits per heavy atom. The Balaban J connectivity index is 0.000000179. The van der Waals surface area contributed by atoms with Crippen molar-refractivity contribution in [3.8, 4) is 0 Å². The van der Waals surface area contributed by atoms with E-state index in [-0.39, 0.29) is 16.8 Å². The van der Waals surface area contributed by atoms with Crippen molar-refractivity contribution in [2.75, 3.05) is 0 Å². The lowest BCUT2D eigenvalue weighted by Crippen LogP contribution is -2.41. The van der Waals surface area contributed by atoms with Crippen LogP contribution >= 0.6 is 0 Å². The summed E-state index contributed by atoms with van der Waals surface area (Å²) in [7, 11) is -2.01. The molecule has 0 atom stereocenters. The molecule has 0 spiro atoms. The van der Waals surface area contributed by atoms with Crippen LogP contribution in [0.3, 0.4) is 0 Å². The molecule has 0 aliphatic carbocycles. The van der Waals surface area contributed by atoms with Gasteiger partial charge < -0.3 is 28.2 Å². The highest BCUT2D eigenvalue weighted by atomic mass is 16.7. The molecular formula is C26H28B2O8. The molecule has 0 saturated carbocycles. The fourth-order valence-corrected chi connectivity index (χ4v) is 3.97. The van der Waals surface area contributed by atoms with Crippen LogP contribution in [0.2, 0.25) is 0 Å². The molecule has 2 aromatic heterocycles. The summed E-state index contributed by atoms with van der Waals surface area (Å²) in [6, 6.07) is 13.3. The van der Waals surface area contributed by atoms with E-state index >= 15 is 0 Å². The Hall–Kier alpha value is -3.17. The normalized spacial score (nSPS) is 16.2. The molecular weight excluding hydrogens is 462 g/mol. The minimum atomic E-state index is -1.56. The van der Waals surface area contributed by atoms with Gasteiger partial charge in [-0.25, -0.2) is 9.59 Å². The molecule has 186 valence electrons. The van der Waals surface area contributed by atoms with Crippen molar-refractivity contribution in [3.05, 3.63) is 80.5 Å². The van der Waals surface area contributed by atoms with Crippen LogP contribution in [0, 0.1) is 13.8 Å². The van der Waals surface area contributed by atoms with E-state index in [2.05, 4.69) is 0 Å². The summed E-state index contributed by atoms with van der Waals surface area (Å²) in [5, 5.41) is 19.6. The second-order valence-electron chi connectivity index (χ2n) is 9.97. The summed E-state index contributed by atoms with van der Waals surface area (Å²) in [6.07, 6.45) is 0. The standard InChI is InChI=1S/C16H19BO4.C10H9BO4/c1-10-8-14(18)19-13-9-11(6-7-12(10)13)17-20-15(2,3)16(4,5)21-17;1-6-4-10(12)15-9-5-7(11(13)14)2-3-8(6)9/h6-9H,1-5H3;2-5,13-14H,1H3. The largest absolute Gasteiger partial charge is 0.494 e. The van der Waals surface area contributed by atoms with Crippen LogP contribution in [0.15, 0.2) is 67.0 Å². The van der Waals surface area contributed by atoms with Crippen molar-refractivity contribution in [2.24, 2.45) is 0 Å². The van der Waals surface area contributed by atoms with Crippen molar-refractivity contribution in [1.29, 1.82) is 0 Å². The molecule has 0 unspecified atom stereocenters. The van der Waals surface area contributed by atoms with Crippen molar-refractivity contribution < 1.29 is 28.2 Å². The van der Waals surface area contributed by atoms with Gasteiger partial charge >= 0.3 is 25.5 Å².